The maximum absolute atomic E-state index is 10.7. The van der Waals surface area contributed by atoms with E-state index in [1.165, 1.54) is 0 Å². The highest BCUT2D eigenvalue weighted by molar-refractivity contribution is 14.1. The second kappa shape index (κ2) is 5.95. The molecule has 0 saturated carbocycles. The van der Waals surface area contributed by atoms with Crippen LogP contribution in [0, 0.1) is 3.57 Å². The van der Waals surface area contributed by atoms with E-state index in [0.29, 0.717) is 5.56 Å². The maximum Gasteiger partial charge on any atom is 0.335 e. The standard InChI is InChI=1S/C13H8ClIO2S/c14-11-6-5-10(7-12(11)15)18-9-3-1-8(2-4-9)13(16)17/h1-7H,(H,16,17). The third kappa shape index (κ3) is 3.40. The lowest BCUT2D eigenvalue weighted by Gasteiger charge is -2.04. The van der Waals surface area contributed by atoms with Gasteiger partial charge in [-0.3, -0.25) is 0 Å². The van der Waals surface area contributed by atoms with Crippen molar-refractivity contribution in [2.75, 3.05) is 0 Å². The van der Waals surface area contributed by atoms with Crippen molar-refractivity contribution in [3.63, 3.8) is 0 Å². The summed E-state index contributed by atoms with van der Waals surface area (Å²) in [6.45, 7) is 0. The van der Waals surface area contributed by atoms with E-state index in [0.717, 1.165) is 18.4 Å². The number of halogens is 2. The van der Waals surface area contributed by atoms with Crippen LogP contribution in [-0.4, -0.2) is 11.1 Å². The van der Waals surface area contributed by atoms with Crippen LogP contribution in [0.2, 0.25) is 5.02 Å². The van der Waals surface area contributed by atoms with E-state index in [-0.39, 0.29) is 0 Å². The molecular formula is C13H8ClIO2S. The SMILES string of the molecule is O=C(O)c1ccc(Sc2ccc(Cl)c(I)c2)cc1. The molecule has 92 valence electrons. The Kier molecular flexibility index (Phi) is 4.53. The second-order valence-corrected chi connectivity index (χ2v) is 6.22. The fraction of sp³-hybridized carbons (Fsp3) is 0. The van der Waals surface area contributed by atoms with Crippen LogP contribution in [0.3, 0.4) is 0 Å². The van der Waals surface area contributed by atoms with Gasteiger partial charge in [-0.2, -0.15) is 0 Å². The number of carboxylic acids is 1. The summed E-state index contributed by atoms with van der Waals surface area (Å²) in [6, 6.07) is 12.6. The summed E-state index contributed by atoms with van der Waals surface area (Å²) >= 11 is 9.72. The molecule has 18 heavy (non-hydrogen) atoms. The normalized spacial score (nSPS) is 10.3. The first-order chi connectivity index (χ1) is 8.56. The van der Waals surface area contributed by atoms with Crippen molar-refractivity contribution in [3.8, 4) is 0 Å². The van der Waals surface area contributed by atoms with E-state index in [1.54, 1.807) is 36.0 Å². The first kappa shape index (κ1) is 13.7. The molecule has 0 aromatic heterocycles. The van der Waals surface area contributed by atoms with Crippen molar-refractivity contribution < 1.29 is 9.90 Å². The fourth-order valence-corrected chi connectivity index (χ4v) is 3.04. The molecule has 5 heteroatoms. The molecule has 0 aliphatic rings. The predicted molar refractivity (Wildman–Crippen MR) is 81.7 cm³/mol. The van der Waals surface area contributed by atoms with Gasteiger partial charge >= 0.3 is 5.97 Å². The predicted octanol–water partition coefficient (Wildman–Crippen LogP) is 4.79. The van der Waals surface area contributed by atoms with E-state index < -0.39 is 5.97 Å². The highest BCUT2D eigenvalue weighted by Gasteiger charge is 2.04. The van der Waals surface area contributed by atoms with Crippen molar-refractivity contribution >= 4 is 51.9 Å². The Morgan fingerprint density at radius 3 is 2.28 bits per heavy atom. The third-order valence-electron chi connectivity index (χ3n) is 2.23. The quantitative estimate of drug-likeness (QED) is 0.765. The number of carboxylic acid groups (broad SMARTS) is 1. The highest BCUT2D eigenvalue weighted by atomic mass is 127. The van der Waals surface area contributed by atoms with Crippen molar-refractivity contribution in [2.24, 2.45) is 0 Å². The molecule has 1 N–H and O–H groups in total. The molecule has 0 saturated heterocycles. The van der Waals surface area contributed by atoms with E-state index >= 15 is 0 Å². The highest BCUT2D eigenvalue weighted by Crippen LogP contribution is 2.31. The molecular weight excluding hydrogens is 383 g/mol. The van der Waals surface area contributed by atoms with Gasteiger partial charge in [0.2, 0.25) is 0 Å². The van der Waals surface area contributed by atoms with Gasteiger partial charge in [-0.25, -0.2) is 4.79 Å². The van der Waals surface area contributed by atoms with Crippen LogP contribution in [0.4, 0.5) is 0 Å². The van der Waals surface area contributed by atoms with Crippen molar-refractivity contribution in [1.82, 2.24) is 0 Å². The van der Waals surface area contributed by atoms with Gasteiger partial charge in [0.15, 0.2) is 0 Å². The summed E-state index contributed by atoms with van der Waals surface area (Å²) in [5.41, 5.74) is 0.296. The van der Waals surface area contributed by atoms with Crippen LogP contribution in [0.1, 0.15) is 10.4 Å². The van der Waals surface area contributed by atoms with Crippen LogP contribution in [0.25, 0.3) is 0 Å². The van der Waals surface area contributed by atoms with E-state index in [2.05, 4.69) is 22.6 Å². The zero-order valence-corrected chi connectivity index (χ0v) is 12.8. The number of aromatic carboxylic acids is 1. The Morgan fingerprint density at radius 1 is 1.11 bits per heavy atom. The number of hydrogen-bond acceptors (Lipinski definition) is 2. The molecule has 0 aliphatic carbocycles. The molecule has 0 radical (unpaired) electrons. The minimum Gasteiger partial charge on any atom is -0.478 e. The van der Waals surface area contributed by atoms with Gasteiger partial charge in [0.25, 0.3) is 0 Å². The lowest BCUT2D eigenvalue weighted by Crippen LogP contribution is -1.94. The topological polar surface area (TPSA) is 37.3 Å². The molecule has 0 bridgehead atoms. The zero-order chi connectivity index (χ0) is 13.1. The Bertz CT molecular complexity index is 584. The van der Waals surface area contributed by atoms with Gasteiger partial charge < -0.3 is 5.11 Å². The molecule has 2 nitrogen and oxygen atoms in total. The zero-order valence-electron chi connectivity index (χ0n) is 9.06. The second-order valence-electron chi connectivity index (χ2n) is 3.51. The molecule has 2 rings (SSSR count). The molecule has 0 amide bonds. The van der Waals surface area contributed by atoms with Gasteiger partial charge in [-0.15, -0.1) is 0 Å². The van der Waals surface area contributed by atoms with Crippen LogP contribution in [0.5, 0.6) is 0 Å². The van der Waals surface area contributed by atoms with E-state index in [9.17, 15) is 4.79 Å². The lowest BCUT2D eigenvalue weighted by molar-refractivity contribution is 0.0697. The largest absolute Gasteiger partial charge is 0.478 e. The monoisotopic (exact) mass is 390 g/mol. The maximum atomic E-state index is 10.7. The Balaban J connectivity index is 2.18. The molecule has 2 aromatic carbocycles. The number of benzene rings is 2. The average Bonchev–Trinajstić information content (AvgIpc) is 2.34. The van der Waals surface area contributed by atoms with E-state index in [4.69, 9.17) is 16.7 Å². The first-order valence-electron chi connectivity index (χ1n) is 5.02. The Labute approximate surface area is 127 Å². The third-order valence-corrected chi connectivity index (χ3v) is 4.77. The Morgan fingerprint density at radius 2 is 1.72 bits per heavy atom. The summed E-state index contributed by atoms with van der Waals surface area (Å²) in [5.74, 6) is -0.910. The van der Waals surface area contributed by atoms with Crippen molar-refractivity contribution in [1.29, 1.82) is 0 Å². The van der Waals surface area contributed by atoms with Crippen molar-refractivity contribution in [2.45, 2.75) is 9.79 Å². The molecule has 0 fully saturated rings. The summed E-state index contributed by atoms with van der Waals surface area (Å²) < 4.78 is 1.00. The van der Waals surface area contributed by atoms with Gasteiger partial charge in [-0.1, -0.05) is 23.4 Å². The molecule has 0 aliphatic heterocycles. The number of hydrogen-bond donors (Lipinski definition) is 1. The minimum atomic E-state index is -0.910. The smallest absolute Gasteiger partial charge is 0.335 e. The van der Waals surface area contributed by atoms with Crippen LogP contribution in [0.15, 0.2) is 52.3 Å². The van der Waals surface area contributed by atoms with Crippen LogP contribution < -0.4 is 0 Å². The van der Waals surface area contributed by atoms with E-state index in [1.807, 2.05) is 18.2 Å². The number of rotatable bonds is 3. The average molecular weight is 391 g/mol. The summed E-state index contributed by atoms with van der Waals surface area (Å²) in [7, 11) is 0. The molecule has 0 heterocycles. The van der Waals surface area contributed by atoms with Gasteiger partial charge in [0, 0.05) is 13.4 Å². The number of carbonyl (C=O) groups is 1. The minimum absolute atomic E-state index is 0.296. The molecule has 0 spiro atoms. The van der Waals surface area contributed by atoms with Gasteiger partial charge in [0.1, 0.15) is 0 Å². The molecule has 2 aromatic rings. The van der Waals surface area contributed by atoms with Gasteiger partial charge in [0.05, 0.1) is 10.6 Å². The Hall–Kier alpha value is -0.720. The van der Waals surface area contributed by atoms with Gasteiger partial charge in [-0.05, 0) is 65.1 Å². The fourth-order valence-electron chi connectivity index (χ4n) is 1.34. The van der Waals surface area contributed by atoms with Crippen molar-refractivity contribution in [3.05, 3.63) is 56.6 Å². The lowest BCUT2D eigenvalue weighted by atomic mass is 10.2. The summed E-state index contributed by atoms with van der Waals surface area (Å²) in [6.07, 6.45) is 0. The summed E-state index contributed by atoms with van der Waals surface area (Å²) in [5, 5.41) is 9.55. The van der Waals surface area contributed by atoms with Crippen LogP contribution in [-0.2, 0) is 0 Å². The molecule has 0 unspecified atom stereocenters. The first-order valence-corrected chi connectivity index (χ1v) is 7.30. The van der Waals surface area contributed by atoms with Crippen LogP contribution >= 0.6 is 46.0 Å². The molecule has 0 atom stereocenters. The summed E-state index contributed by atoms with van der Waals surface area (Å²) in [4.78, 5) is 12.8.